The number of methoxy groups -OCH3 is 1. The van der Waals surface area contributed by atoms with E-state index in [1.807, 2.05) is 37.8 Å². The third-order valence-electron chi connectivity index (χ3n) is 5.10. The predicted octanol–water partition coefficient (Wildman–Crippen LogP) is 9.37. The van der Waals surface area contributed by atoms with E-state index in [1.54, 1.807) is 18.2 Å². The zero-order valence-corrected chi connectivity index (χ0v) is 23.7. The normalized spacial score (nSPS) is 14.2. The van der Waals surface area contributed by atoms with Crippen LogP contribution in [-0.4, -0.2) is 36.4 Å². The van der Waals surface area contributed by atoms with Gasteiger partial charge in [0, 0.05) is 24.0 Å². The fourth-order valence-electron chi connectivity index (χ4n) is 3.34. The van der Waals surface area contributed by atoms with E-state index in [0.29, 0.717) is 29.2 Å². The van der Waals surface area contributed by atoms with E-state index in [0.717, 1.165) is 32.4 Å². The van der Waals surface area contributed by atoms with Gasteiger partial charge in [-0.15, -0.1) is 11.6 Å². The van der Waals surface area contributed by atoms with Crippen LogP contribution in [0.1, 0.15) is 63.7 Å². The van der Waals surface area contributed by atoms with Crippen molar-refractivity contribution in [3.63, 3.8) is 0 Å². The molecule has 2 aromatic rings. The van der Waals surface area contributed by atoms with E-state index in [9.17, 15) is 13.6 Å². The zero-order valence-electron chi connectivity index (χ0n) is 22.2. The summed E-state index contributed by atoms with van der Waals surface area (Å²) >= 11 is 11.6. The van der Waals surface area contributed by atoms with Gasteiger partial charge in [-0.1, -0.05) is 37.6 Å². The number of hydrogen-bond acceptors (Lipinski definition) is 3. The number of likely N-dealkylation sites (tertiary alicyclic amines) is 1. The molecule has 0 saturated carbocycles. The molecule has 2 aromatic carbocycles. The minimum atomic E-state index is -0.438. The summed E-state index contributed by atoms with van der Waals surface area (Å²) in [4.78, 5) is 14.5. The molecule has 1 aliphatic heterocycles. The molecule has 1 saturated heterocycles. The van der Waals surface area contributed by atoms with Crippen molar-refractivity contribution in [2.45, 2.75) is 58.8 Å². The second-order valence-corrected chi connectivity index (χ2v) is 9.12. The standard InChI is InChI=1S/C19H19ClFNO3.C8H12ClF.C2H6/c1-24-18-11-13(19(23)22-9-3-2-4-10-22)5-7-17(18)25-16-8-6-14(21)12-15(16)20;1-7(9)5-3-4-6-8(2)10;1-2/h5-8,11-12H,2-4,9-10H2,1H3;3,5-7H,4H2,1-2H3;1-2H3/b;5-3-,8-6+;. The summed E-state index contributed by atoms with van der Waals surface area (Å²) < 4.78 is 36.2. The quantitative estimate of drug-likeness (QED) is 0.252. The molecule has 0 radical (unpaired) electrons. The monoisotopic (exact) mass is 555 g/mol. The van der Waals surface area contributed by atoms with Crippen molar-refractivity contribution >= 4 is 29.1 Å². The molecule has 1 atom stereocenters. The Morgan fingerprint density at radius 2 is 1.73 bits per heavy atom. The van der Waals surface area contributed by atoms with Gasteiger partial charge in [0.05, 0.1) is 18.0 Å². The van der Waals surface area contributed by atoms with E-state index in [2.05, 4.69) is 0 Å². The minimum absolute atomic E-state index is 0.00985. The number of ether oxygens (including phenoxy) is 2. The molecule has 1 heterocycles. The Labute approximate surface area is 229 Å². The number of carbonyl (C=O) groups excluding carboxylic acids is 1. The Hall–Kier alpha value is -2.57. The molecular weight excluding hydrogens is 519 g/mol. The van der Waals surface area contributed by atoms with Crippen LogP contribution in [0.5, 0.6) is 17.2 Å². The Bertz CT molecular complexity index is 1030. The average molecular weight is 557 g/mol. The van der Waals surface area contributed by atoms with Crippen LogP contribution < -0.4 is 9.47 Å². The lowest BCUT2D eigenvalue weighted by Gasteiger charge is -2.27. The number of nitrogens with zero attached hydrogens (tertiary/aromatic N) is 1. The number of benzene rings is 2. The number of alkyl halides is 1. The van der Waals surface area contributed by atoms with Gasteiger partial charge >= 0.3 is 0 Å². The molecule has 37 heavy (non-hydrogen) atoms. The van der Waals surface area contributed by atoms with Crippen LogP contribution in [0.3, 0.4) is 0 Å². The van der Waals surface area contributed by atoms with Gasteiger partial charge in [0.2, 0.25) is 0 Å². The lowest BCUT2D eigenvalue weighted by Crippen LogP contribution is -2.35. The third-order valence-corrected chi connectivity index (χ3v) is 5.55. The van der Waals surface area contributed by atoms with Crippen LogP contribution in [0.4, 0.5) is 8.78 Å². The first-order valence-electron chi connectivity index (χ1n) is 12.4. The molecule has 0 aromatic heterocycles. The van der Waals surface area contributed by atoms with Crippen LogP contribution in [-0.2, 0) is 0 Å². The van der Waals surface area contributed by atoms with E-state index in [-0.39, 0.29) is 22.1 Å². The maximum absolute atomic E-state index is 13.1. The van der Waals surface area contributed by atoms with Gasteiger partial charge in [-0.3, -0.25) is 4.79 Å². The molecule has 0 bridgehead atoms. The summed E-state index contributed by atoms with van der Waals surface area (Å²) in [6.45, 7) is 8.86. The largest absolute Gasteiger partial charge is 0.493 e. The molecule has 3 rings (SSSR count). The van der Waals surface area contributed by atoms with Crippen molar-refractivity contribution < 1.29 is 23.0 Å². The van der Waals surface area contributed by atoms with Gasteiger partial charge in [-0.25, -0.2) is 8.78 Å². The first-order chi connectivity index (χ1) is 17.7. The number of carbonyl (C=O) groups is 1. The fourth-order valence-corrected chi connectivity index (χ4v) is 3.65. The molecule has 0 N–H and O–H groups in total. The Morgan fingerprint density at radius 3 is 2.30 bits per heavy atom. The van der Waals surface area contributed by atoms with Gasteiger partial charge in [-0.05, 0) is 82.0 Å². The van der Waals surface area contributed by atoms with Crippen molar-refractivity contribution in [2.24, 2.45) is 0 Å². The molecule has 0 spiro atoms. The van der Waals surface area contributed by atoms with Crippen LogP contribution in [0.15, 0.2) is 60.5 Å². The fraction of sp³-hybridized carbons (Fsp3) is 0.414. The van der Waals surface area contributed by atoms with Gasteiger partial charge in [0.15, 0.2) is 11.5 Å². The highest BCUT2D eigenvalue weighted by atomic mass is 35.5. The Kier molecular flexibility index (Phi) is 15.6. The molecule has 1 fully saturated rings. The number of amides is 1. The van der Waals surface area contributed by atoms with E-state index in [4.69, 9.17) is 32.7 Å². The van der Waals surface area contributed by atoms with Crippen molar-refractivity contribution in [1.82, 2.24) is 4.90 Å². The van der Waals surface area contributed by atoms with E-state index < -0.39 is 5.82 Å². The molecule has 1 aliphatic rings. The molecule has 1 amide bonds. The van der Waals surface area contributed by atoms with Crippen LogP contribution in [0.25, 0.3) is 0 Å². The number of piperidine rings is 1. The number of rotatable bonds is 7. The summed E-state index contributed by atoms with van der Waals surface area (Å²) in [7, 11) is 1.50. The second-order valence-electron chi connectivity index (χ2n) is 8.03. The summed E-state index contributed by atoms with van der Waals surface area (Å²) in [6, 6.07) is 8.91. The van der Waals surface area contributed by atoms with E-state index >= 15 is 0 Å². The first-order valence-corrected chi connectivity index (χ1v) is 13.3. The second kappa shape index (κ2) is 17.8. The summed E-state index contributed by atoms with van der Waals surface area (Å²) in [5, 5.41) is 0.198. The van der Waals surface area contributed by atoms with Gasteiger partial charge in [0.1, 0.15) is 11.6 Å². The number of allylic oxidation sites excluding steroid dienone is 4. The number of hydrogen-bond donors (Lipinski definition) is 0. The summed E-state index contributed by atoms with van der Waals surface area (Å²) in [5.74, 6) is 0.550. The molecular formula is C29H37Cl2F2NO3. The van der Waals surface area contributed by atoms with Gasteiger partial charge in [0.25, 0.3) is 5.91 Å². The van der Waals surface area contributed by atoms with Crippen molar-refractivity contribution in [1.29, 1.82) is 0 Å². The SMILES string of the molecule is C/C(F)=C\C/C=C\C(C)Cl.CC.COc1cc(C(=O)N2CCCCC2)ccc1Oc1ccc(F)cc1Cl. The van der Waals surface area contributed by atoms with Crippen molar-refractivity contribution in [2.75, 3.05) is 20.2 Å². The highest BCUT2D eigenvalue weighted by Crippen LogP contribution is 2.36. The highest BCUT2D eigenvalue weighted by Gasteiger charge is 2.20. The zero-order chi connectivity index (χ0) is 27.8. The molecule has 4 nitrogen and oxygen atoms in total. The first kappa shape index (κ1) is 32.5. The Balaban J connectivity index is 0.000000483. The predicted molar refractivity (Wildman–Crippen MR) is 150 cm³/mol. The average Bonchev–Trinajstić information content (AvgIpc) is 2.90. The number of halogens is 4. The maximum atomic E-state index is 13.1. The van der Waals surface area contributed by atoms with Crippen LogP contribution in [0, 0.1) is 5.82 Å². The maximum Gasteiger partial charge on any atom is 0.253 e. The molecule has 0 aliphatic carbocycles. The highest BCUT2D eigenvalue weighted by molar-refractivity contribution is 6.32. The lowest BCUT2D eigenvalue weighted by atomic mass is 10.1. The molecule has 204 valence electrons. The van der Waals surface area contributed by atoms with E-state index in [1.165, 1.54) is 38.3 Å². The van der Waals surface area contributed by atoms with Gasteiger partial charge in [-0.2, -0.15) is 0 Å². The van der Waals surface area contributed by atoms with Gasteiger partial charge < -0.3 is 14.4 Å². The summed E-state index contributed by atoms with van der Waals surface area (Å²) in [5.41, 5.74) is 0.552. The van der Waals surface area contributed by atoms with Crippen molar-refractivity contribution in [3.05, 3.63) is 76.9 Å². The Morgan fingerprint density at radius 1 is 1.08 bits per heavy atom. The van der Waals surface area contributed by atoms with Crippen molar-refractivity contribution in [3.8, 4) is 17.2 Å². The van der Waals surface area contributed by atoms with Crippen LogP contribution in [0.2, 0.25) is 5.02 Å². The summed E-state index contributed by atoms with van der Waals surface area (Å²) in [6.07, 6.45) is 9.05. The third kappa shape index (κ3) is 12.0. The molecule has 8 heteroatoms. The minimum Gasteiger partial charge on any atom is -0.493 e. The lowest BCUT2D eigenvalue weighted by molar-refractivity contribution is 0.0724. The van der Waals surface area contributed by atoms with Crippen LogP contribution >= 0.6 is 23.2 Å². The topological polar surface area (TPSA) is 38.8 Å². The smallest absolute Gasteiger partial charge is 0.253 e. The molecule has 1 unspecified atom stereocenters.